The highest BCUT2D eigenvalue weighted by Crippen LogP contribution is 2.42. The van der Waals surface area contributed by atoms with Crippen molar-refractivity contribution in [3.05, 3.63) is 65.9 Å². The van der Waals surface area contributed by atoms with Gasteiger partial charge in [-0.3, -0.25) is 9.80 Å². The molecule has 7 rings (SSSR count). The lowest BCUT2D eigenvalue weighted by Crippen LogP contribution is -2.46. The Labute approximate surface area is 246 Å². The summed E-state index contributed by atoms with van der Waals surface area (Å²) >= 11 is 0. The smallest absolute Gasteiger partial charge is 0.383 e. The van der Waals surface area contributed by atoms with Gasteiger partial charge in [-0.15, -0.1) is 0 Å². The van der Waals surface area contributed by atoms with Crippen molar-refractivity contribution >= 4 is 28.2 Å². The maximum Gasteiger partial charge on any atom is 0.416 e. The minimum atomic E-state index is -4.48. The van der Waals surface area contributed by atoms with Crippen LogP contribution in [0.15, 0.2) is 48.9 Å². The molecule has 1 saturated heterocycles. The molecule has 2 aromatic carbocycles. The quantitative estimate of drug-likeness (QED) is 0.164. The van der Waals surface area contributed by atoms with E-state index in [0.29, 0.717) is 34.5 Å². The predicted molar refractivity (Wildman–Crippen MR) is 159 cm³/mol. The van der Waals surface area contributed by atoms with Gasteiger partial charge in [-0.05, 0) is 61.1 Å². The Balaban J connectivity index is 1.02. The van der Waals surface area contributed by atoms with E-state index in [1.807, 2.05) is 6.20 Å². The topological polar surface area (TPSA) is 87.3 Å². The van der Waals surface area contributed by atoms with Crippen LogP contribution >= 0.6 is 0 Å². The van der Waals surface area contributed by atoms with Gasteiger partial charge < -0.3 is 20.9 Å². The summed E-state index contributed by atoms with van der Waals surface area (Å²) in [6.07, 6.45) is 3.49. The summed E-state index contributed by atoms with van der Waals surface area (Å²) in [5.41, 5.74) is 8.46. The summed E-state index contributed by atoms with van der Waals surface area (Å²) in [6, 6.07) is 10.2. The number of aromatic nitrogens is 3. The molecule has 1 aliphatic heterocycles. The molecule has 0 unspecified atom stereocenters. The second-order valence-electron chi connectivity index (χ2n) is 11.8. The molecule has 12 heteroatoms. The van der Waals surface area contributed by atoms with Crippen molar-refractivity contribution in [3.63, 3.8) is 0 Å². The van der Waals surface area contributed by atoms with Crippen LogP contribution in [0.4, 0.5) is 34.8 Å². The third-order valence-electron chi connectivity index (χ3n) is 8.71. The monoisotopic (exact) mass is 594 g/mol. The Hall–Kier alpha value is -3.90. The fourth-order valence-corrected chi connectivity index (χ4v) is 6.08. The standard InChI is InChI=1S/C31H34F4N8/c32-26-13-19(24-16-43(23-6-7-23)30-28(24)29(36)39-18-40-30)2-8-27(26)38-17-37-21-3-1-20(25(14-21)31(33,34)35)15-41-9-11-42(12-10-41)22-4-5-22/h1-3,8,13-14,16,18,22-23,37-38H,4-7,9-12,15,17H2,(H2,36,39,40). The average Bonchev–Trinajstić information content (AvgIpc) is 3.92. The number of piperazine rings is 1. The van der Waals surface area contributed by atoms with Crippen molar-refractivity contribution in [3.8, 4) is 11.1 Å². The number of nitrogens with two attached hydrogens (primary N) is 1. The molecule has 0 atom stereocenters. The number of hydrogen-bond donors (Lipinski definition) is 3. The summed E-state index contributed by atoms with van der Waals surface area (Å²) in [5.74, 6) is -0.151. The third-order valence-corrected chi connectivity index (χ3v) is 8.71. The highest BCUT2D eigenvalue weighted by molar-refractivity contribution is 6.00. The van der Waals surface area contributed by atoms with Crippen LogP contribution in [0.1, 0.15) is 42.9 Å². The van der Waals surface area contributed by atoms with Crippen LogP contribution in [-0.2, 0) is 12.7 Å². The number of nitrogens with one attached hydrogen (secondary N) is 2. The maximum atomic E-state index is 15.2. The van der Waals surface area contributed by atoms with Gasteiger partial charge in [0.25, 0.3) is 0 Å². The molecule has 3 aliphatic rings. The Morgan fingerprint density at radius 3 is 2.37 bits per heavy atom. The molecule has 2 aromatic heterocycles. The molecule has 0 amide bonds. The van der Waals surface area contributed by atoms with Crippen LogP contribution in [0.25, 0.3) is 22.2 Å². The zero-order valence-electron chi connectivity index (χ0n) is 23.7. The molecule has 4 N–H and O–H groups in total. The first-order valence-electron chi connectivity index (χ1n) is 14.8. The van der Waals surface area contributed by atoms with E-state index in [-0.39, 0.29) is 24.5 Å². The molecule has 2 aliphatic carbocycles. The molecule has 0 spiro atoms. The lowest BCUT2D eigenvalue weighted by molar-refractivity contribution is -0.138. The van der Waals surface area contributed by atoms with Crippen molar-refractivity contribution in [2.45, 2.75) is 50.5 Å². The van der Waals surface area contributed by atoms with Crippen molar-refractivity contribution in [2.24, 2.45) is 0 Å². The Morgan fingerprint density at radius 1 is 0.907 bits per heavy atom. The number of rotatable bonds is 9. The molecule has 4 aromatic rings. The number of anilines is 3. The molecular weight excluding hydrogens is 560 g/mol. The van der Waals surface area contributed by atoms with Gasteiger partial charge in [0.15, 0.2) is 0 Å². The molecule has 3 fully saturated rings. The summed E-state index contributed by atoms with van der Waals surface area (Å²) in [4.78, 5) is 13.1. The van der Waals surface area contributed by atoms with Crippen LogP contribution in [0.2, 0.25) is 0 Å². The van der Waals surface area contributed by atoms with Gasteiger partial charge >= 0.3 is 6.18 Å². The summed E-state index contributed by atoms with van der Waals surface area (Å²) in [5, 5.41) is 6.59. The number of nitrogen functional groups attached to an aromatic ring is 1. The van der Waals surface area contributed by atoms with Crippen LogP contribution in [0.3, 0.4) is 0 Å². The fourth-order valence-electron chi connectivity index (χ4n) is 6.08. The average molecular weight is 595 g/mol. The number of nitrogens with zero attached hydrogens (tertiary/aromatic N) is 5. The number of alkyl halides is 3. The number of fused-ring (bicyclic) bond motifs is 1. The Bertz CT molecular complexity index is 1640. The Kier molecular flexibility index (Phi) is 7.13. The minimum Gasteiger partial charge on any atom is -0.383 e. The van der Waals surface area contributed by atoms with Gasteiger partial charge in [-0.2, -0.15) is 13.2 Å². The first kappa shape index (κ1) is 27.9. The summed E-state index contributed by atoms with van der Waals surface area (Å²) < 4.78 is 59.3. The highest BCUT2D eigenvalue weighted by Gasteiger charge is 2.35. The molecule has 0 bridgehead atoms. The minimum absolute atomic E-state index is 0.0395. The summed E-state index contributed by atoms with van der Waals surface area (Å²) in [6.45, 7) is 3.65. The molecule has 0 radical (unpaired) electrons. The third kappa shape index (κ3) is 5.85. The number of hydrogen-bond acceptors (Lipinski definition) is 7. The van der Waals surface area contributed by atoms with Gasteiger partial charge in [0.05, 0.1) is 23.3 Å². The van der Waals surface area contributed by atoms with Gasteiger partial charge in [-0.25, -0.2) is 14.4 Å². The normalized spacial score (nSPS) is 18.3. The molecule has 8 nitrogen and oxygen atoms in total. The van der Waals surface area contributed by atoms with E-state index < -0.39 is 17.6 Å². The van der Waals surface area contributed by atoms with E-state index >= 15 is 4.39 Å². The van der Waals surface area contributed by atoms with Crippen molar-refractivity contribution in [1.82, 2.24) is 24.3 Å². The molecule has 3 heterocycles. The zero-order valence-corrected chi connectivity index (χ0v) is 23.7. The second kappa shape index (κ2) is 11.0. The van der Waals surface area contributed by atoms with Crippen LogP contribution < -0.4 is 16.4 Å². The first-order chi connectivity index (χ1) is 20.7. The SMILES string of the molecule is Nc1ncnc2c1c(-c1ccc(NCNc3ccc(CN4CCN(C5CC5)CC4)c(C(F)(F)F)c3)c(F)c1)cn2C1CC1. The largest absolute Gasteiger partial charge is 0.416 e. The number of benzene rings is 2. The van der Waals surface area contributed by atoms with Crippen molar-refractivity contribution in [1.29, 1.82) is 0 Å². The van der Waals surface area contributed by atoms with E-state index in [1.54, 1.807) is 24.3 Å². The fraction of sp³-hybridized carbons (Fsp3) is 0.419. The molecule has 226 valence electrons. The molecular formula is C31H34F4N8. The molecule has 2 saturated carbocycles. The van der Waals surface area contributed by atoms with Gasteiger partial charge in [-0.1, -0.05) is 12.1 Å². The van der Waals surface area contributed by atoms with Crippen molar-refractivity contribution < 1.29 is 17.6 Å². The van der Waals surface area contributed by atoms with Gasteiger partial charge in [0.1, 0.15) is 23.6 Å². The first-order valence-corrected chi connectivity index (χ1v) is 14.8. The second-order valence-corrected chi connectivity index (χ2v) is 11.8. The van der Waals surface area contributed by atoms with Crippen LogP contribution in [0, 0.1) is 5.82 Å². The number of halogens is 4. The van der Waals surface area contributed by atoms with Crippen LogP contribution in [0.5, 0.6) is 0 Å². The highest BCUT2D eigenvalue weighted by atomic mass is 19.4. The van der Waals surface area contributed by atoms with Crippen molar-refractivity contribution in [2.75, 3.05) is 49.2 Å². The lowest BCUT2D eigenvalue weighted by atomic mass is 10.0. The Morgan fingerprint density at radius 2 is 1.67 bits per heavy atom. The summed E-state index contributed by atoms with van der Waals surface area (Å²) in [7, 11) is 0. The lowest BCUT2D eigenvalue weighted by Gasteiger charge is -2.35. The van der Waals surface area contributed by atoms with Crippen LogP contribution in [-0.4, -0.2) is 63.2 Å². The maximum absolute atomic E-state index is 15.2. The van der Waals surface area contributed by atoms with E-state index in [4.69, 9.17) is 5.73 Å². The van der Waals surface area contributed by atoms with E-state index in [0.717, 1.165) is 56.3 Å². The van der Waals surface area contributed by atoms with E-state index in [1.165, 1.54) is 25.2 Å². The predicted octanol–water partition coefficient (Wildman–Crippen LogP) is 5.93. The van der Waals surface area contributed by atoms with Gasteiger partial charge in [0, 0.05) is 62.3 Å². The molecule has 43 heavy (non-hydrogen) atoms. The zero-order chi connectivity index (χ0) is 29.7. The van der Waals surface area contributed by atoms with Gasteiger partial charge in [0.2, 0.25) is 0 Å². The van der Waals surface area contributed by atoms with E-state index in [2.05, 4.69) is 35.0 Å². The van der Waals surface area contributed by atoms with E-state index in [9.17, 15) is 13.2 Å².